The predicted octanol–water partition coefficient (Wildman–Crippen LogP) is 3.82. The van der Waals surface area contributed by atoms with E-state index in [1.165, 1.54) is 6.08 Å². The Morgan fingerprint density at radius 1 is 0.880 bits per heavy atom. The molecule has 0 saturated carbocycles. The maximum atomic E-state index is 11.3. The third kappa shape index (κ3) is 3.70. The molecule has 0 bridgehead atoms. The van der Waals surface area contributed by atoms with Crippen LogP contribution in [0.3, 0.4) is 0 Å². The Labute approximate surface area is 144 Å². The zero-order chi connectivity index (χ0) is 18.7. The zero-order valence-electron chi connectivity index (χ0n) is 12.3. The van der Waals surface area contributed by atoms with Gasteiger partial charge in [-0.05, 0) is 23.8 Å². The van der Waals surface area contributed by atoms with E-state index >= 15 is 0 Å². The van der Waals surface area contributed by atoms with Gasteiger partial charge in [0.05, 0.1) is 20.8 Å². The Hall–Kier alpha value is -3.53. The van der Waals surface area contributed by atoms with Crippen molar-refractivity contribution in [1.82, 2.24) is 0 Å². The molecule has 0 saturated heterocycles. The summed E-state index contributed by atoms with van der Waals surface area (Å²) < 4.78 is 0. The smallest absolute Gasteiger partial charge is 0.313 e. The number of rotatable bonds is 5. The van der Waals surface area contributed by atoms with Crippen LogP contribution in [0.25, 0.3) is 12.2 Å². The van der Waals surface area contributed by atoms with Crippen LogP contribution < -0.4 is 5.73 Å². The summed E-state index contributed by atoms with van der Waals surface area (Å²) in [5, 5.41) is 33.9. The minimum Gasteiger partial charge on any atom is -0.387 e. The number of hydrogen-bond acceptors (Lipinski definition) is 7. The number of hydrogen-bond donors (Lipinski definition) is 1. The topological polar surface area (TPSA) is 155 Å². The van der Waals surface area contributed by atoms with Gasteiger partial charge < -0.3 is 5.73 Å². The molecule has 2 rings (SSSR count). The molecule has 25 heavy (non-hydrogen) atoms. The first-order valence-electron chi connectivity index (χ1n) is 6.55. The summed E-state index contributed by atoms with van der Waals surface area (Å²) in [6.07, 6.45) is 2.48. The van der Waals surface area contributed by atoms with Gasteiger partial charge in [-0.15, -0.1) is 0 Å². The molecular formula is C14H9ClN4O6. The van der Waals surface area contributed by atoms with E-state index in [0.29, 0.717) is 16.7 Å². The lowest BCUT2D eigenvalue weighted by Crippen LogP contribution is -2.05. The summed E-state index contributed by atoms with van der Waals surface area (Å²) >= 11 is 5.75. The Kier molecular flexibility index (Phi) is 4.94. The van der Waals surface area contributed by atoms with Crippen LogP contribution in [-0.2, 0) is 0 Å². The van der Waals surface area contributed by atoms with E-state index < -0.39 is 43.1 Å². The maximum Gasteiger partial charge on any atom is 0.313 e. The molecule has 0 amide bonds. The van der Waals surface area contributed by atoms with E-state index in [1.54, 1.807) is 24.3 Å². The van der Waals surface area contributed by atoms with E-state index in [1.807, 2.05) is 0 Å². The number of nitrogens with zero attached hydrogens (tertiary/aromatic N) is 3. The van der Waals surface area contributed by atoms with Crippen molar-refractivity contribution in [3.05, 3.63) is 76.8 Å². The van der Waals surface area contributed by atoms with Gasteiger partial charge in [0, 0.05) is 5.02 Å². The minimum absolute atomic E-state index is 0.437. The van der Waals surface area contributed by atoms with Crippen LogP contribution in [0.15, 0.2) is 30.3 Å². The molecule has 0 aliphatic heterocycles. The van der Waals surface area contributed by atoms with Crippen LogP contribution in [0.1, 0.15) is 11.1 Å². The van der Waals surface area contributed by atoms with Gasteiger partial charge in [0.15, 0.2) is 5.69 Å². The van der Waals surface area contributed by atoms with Crippen LogP contribution in [0.4, 0.5) is 22.7 Å². The molecule has 0 heterocycles. The van der Waals surface area contributed by atoms with Gasteiger partial charge in [-0.1, -0.05) is 29.8 Å². The number of halogens is 1. The van der Waals surface area contributed by atoms with Gasteiger partial charge in [-0.3, -0.25) is 30.3 Å². The third-order valence-electron chi connectivity index (χ3n) is 3.22. The number of nitro benzene ring substituents is 3. The number of anilines is 1. The highest BCUT2D eigenvalue weighted by Gasteiger charge is 2.34. The lowest BCUT2D eigenvalue weighted by molar-refractivity contribution is -0.402. The molecule has 0 aromatic heterocycles. The minimum atomic E-state index is -1.01. The molecule has 2 aromatic rings. The second kappa shape index (κ2) is 6.93. The summed E-state index contributed by atoms with van der Waals surface area (Å²) in [5.74, 6) is 0. The molecule has 0 aliphatic carbocycles. The van der Waals surface area contributed by atoms with Crippen LogP contribution in [0.5, 0.6) is 0 Å². The SMILES string of the molecule is Nc1c([N+](=O)[O-])cc([N+](=O)[O-])c(C=Cc2ccc(Cl)cc2)c1[N+](=O)[O-]. The van der Waals surface area contributed by atoms with Crippen LogP contribution in [0.2, 0.25) is 5.02 Å². The van der Waals surface area contributed by atoms with Crippen LogP contribution in [0, 0.1) is 30.3 Å². The Morgan fingerprint density at radius 3 is 1.92 bits per heavy atom. The van der Waals surface area contributed by atoms with E-state index in [0.717, 1.165) is 6.08 Å². The van der Waals surface area contributed by atoms with Crippen molar-refractivity contribution in [2.75, 3.05) is 5.73 Å². The van der Waals surface area contributed by atoms with E-state index in [9.17, 15) is 30.3 Å². The fourth-order valence-corrected chi connectivity index (χ4v) is 2.22. The van der Waals surface area contributed by atoms with Crippen molar-refractivity contribution < 1.29 is 14.8 Å². The molecule has 11 heteroatoms. The highest BCUT2D eigenvalue weighted by Crippen LogP contribution is 2.41. The van der Waals surface area contributed by atoms with Crippen molar-refractivity contribution in [2.24, 2.45) is 0 Å². The fraction of sp³-hybridized carbons (Fsp3) is 0. The first-order chi connectivity index (χ1) is 11.7. The summed E-state index contributed by atoms with van der Waals surface area (Å²) in [6, 6.07) is 6.91. The molecule has 0 atom stereocenters. The van der Waals surface area contributed by atoms with Gasteiger partial charge >= 0.3 is 11.4 Å². The number of nitro groups is 3. The number of benzene rings is 2. The molecule has 128 valence electrons. The molecule has 2 aromatic carbocycles. The van der Waals surface area contributed by atoms with Gasteiger partial charge in [0.25, 0.3) is 5.69 Å². The van der Waals surface area contributed by atoms with Crippen molar-refractivity contribution >= 4 is 46.5 Å². The quantitative estimate of drug-likeness (QED) is 0.365. The van der Waals surface area contributed by atoms with Crippen molar-refractivity contribution in [2.45, 2.75) is 0 Å². The fourth-order valence-electron chi connectivity index (χ4n) is 2.09. The second-order valence-corrected chi connectivity index (χ2v) is 5.18. The van der Waals surface area contributed by atoms with Gasteiger partial charge in [-0.25, -0.2) is 0 Å². The molecular weight excluding hydrogens is 356 g/mol. The number of nitrogens with two attached hydrogens (primary N) is 1. The maximum absolute atomic E-state index is 11.3. The largest absolute Gasteiger partial charge is 0.387 e. The molecule has 0 unspecified atom stereocenters. The highest BCUT2D eigenvalue weighted by atomic mass is 35.5. The standard InChI is InChI=1S/C14H9ClN4O6/c15-9-4-1-8(2-5-9)3-6-10-11(17(20)21)7-12(18(22)23)13(16)14(10)19(24)25/h1-7H,16H2. The first-order valence-corrected chi connectivity index (χ1v) is 6.93. The van der Waals surface area contributed by atoms with Crippen LogP contribution >= 0.6 is 11.6 Å². The lowest BCUT2D eigenvalue weighted by atomic mass is 10.1. The van der Waals surface area contributed by atoms with Gasteiger partial charge in [0.1, 0.15) is 5.56 Å². The Morgan fingerprint density at radius 2 is 1.44 bits per heavy atom. The monoisotopic (exact) mass is 364 g/mol. The summed E-state index contributed by atoms with van der Waals surface area (Å²) in [4.78, 5) is 30.5. The first kappa shape index (κ1) is 17.8. The predicted molar refractivity (Wildman–Crippen MR) is 91.2 cm³/mol. The second-order valence-electron chi connectivity index (χ2n) is 4.75. The van der Waals surface area contributed by atoms with Gasteiger partial charge in [-0.2, -0.15) is 0 Å². The summed E-state index contributed by atoms with van der Waals surface area (Å²) in [7, 11) is 0. The van der Waals surface area contributed by atoms with Crippen LogP contribution in [-0.4, -0.2) is 14.8 Å². The average molecular weight is 365 g/mol. The normalized spacial score (nSPS) is 10.8. The zero-order valence-corrected chi connectivity index (χ0v) is 13.0. The van der Waals surface area contributed by atoms with Gasteiger partial charge in [0.2, 0.25) is 0 Å². The van der Waals surface area contributed by atoms with Crippen molar-refractivity contribution in [1.29, 1.82) is 0 Å². The van der Waals surface area contributed by atoms with Crippen molar-refractivity contribution in [3.8, 4) is 0 Å². The average Bonchev–Trinajstić information content (AvgIpc) is 2.53. The van der Waals surface area contributed by atoms with E-state index in [4.69, 9.17) is 17.3 Å². The molecule has 10 nitrogen and oxygen atoms in total. The molecule has 0 radical (unpaired) electrons. The Bertz CT molecular complexity index is 911. The molecule has 0 aliphatic rings. The third-order valence-corrected chi connectivity index (χ3v) is 3.48. The summed E-state index contributed by atoms with van der Waals surface area (Å²) in [6.45, 7) is 0. The number of nitrogen functional groups attached to an aromatic ring is 1. The summed E-state index contributed by atoms with van der Waals surface area (Å²) in [5.41, 5.74) is 2.26. The van der Waals surface area contributed by atoms with E-state index in [2.05, 4.69) is 0 Å². The Balaban J connectivity index is 2.71. The molecule has 0 fully saturated rings. The lowest BCUT2D eigenvalue weighted by Gasteiger charge is -2.04. The highest BCUT2D eigenvalue weighted by molar-refractivity contribution is 6.30. The molecule has 0 spiro atoms. The molecule has 2 N–H and O–H groups in total. The van der Waals surface area contributed by atoms with E-state index in [-0.39, 0.29) is 0 Å². The van der Waals surface area contributed by atoms with Crippen molar-refractivity contribution in [3.63, 3.8) is 0 Å².